The van der Waals surface area contributed by atoms with Crippen molar-refractivity contribution < 1.29 is 32.4 Å². The number of ether oxygens (including phenoxy) is 1. The van der Waals surface area contributed by atoms with E-state index in [4.69, 9.17) is 4.74 Å². The van der Waals surface area contributed by atoms with Crippen LogP contribution in [0.5, 0.6) is 0 Å². The van der Waals surface area contributed by atoms with E-state index in [9.17, 15) is 32.9 Å². The number of amides is 1. The molecule has 0 N–H and O–H groups in total. The van der Waals surface area contributed by atoms with Gasteiger partial charge in [0.2, 0.25) is 5.91 Å². The lowest BCUT2D eigenvalue weighted by molar-refractivity contribution is -0.384. The van der Waals surface area contributed by atoms with Crippen molar-refractivity contribution in [3.05, 3.63) is 81.0 Å². The van der Waals surface area contributed by atoms with Crippen LogP contribution in [0.3, 0.4) is 0 Å². The van der Waals surface area contributed by atoms with Gasteiger partial charge in [0.15, 0.2) is 0 Å². The van der Waals surface area contributed by atoms with E-state index in [-0.39, 0.29) is 35.7 Å². The summed E-state index contributed by atoms with van der Waals surface area (Å²) in [5.74, 6) is -1.86. The van der Waals surface area contributed by atoms with Gasteiger partial charge in [-0.3, -0.25) is 19.8 Å². The van der Waals surface area contributed by atoms with E-state index in [0.29, 0.717) is 5.56 Å². The van der Waals surface area contributed by atoms with E-state index in [0.717, 1.165) is 24.3 Å². The monoisotopic (exact) mass is 418 g/mol. The zero-order valence-corrected chi connectivity index (χ0v) is 15.2. The van der Waals surface area contributed by atoms with Crippen LogP contribution in [0.15, 0.2) is 59.8 Å². The molecule has 1 atom stereocenters. The second-order valence-electron chi connectivity index (χ2n) is 6.82. The minimum Gasteiger partial charge on any atom is -0.456 e. The molecule has 7 nitrogen and oxygen atoms in total. The number of nitro groups is 1. The number of carbonyl (C=O) groups excluding carboxylic acids is 2. The first kappa shape index (κ1) is 19.6. The predicted molar refractivity (Wildman–Crippen MR) is 97.4 cm³/mol. The Morgan fingerprint density at radius 2 is 1.80 bits per heavy atom. The van der Waals surface area contributed by atoms with E-state index >= 15 is 0 Å². The van der Waals surface area contributed by atoms with Gasteiger partial charge in [-0.15, -0.1) is 0 Å². The largest absolute Gasteiger partial charge is 0.456 e. The zero-order valence-electron chi connectivity index (χ0n) is 15.2. The third-order valence-corrected chi connectivity index (χ3v) is 5.05. The number of benzene rings is 2. The van der Waals surface area contributed by atoms with Gasteiger partial charge in [0.05, 0.1) is 21.8 Å². The van der Waals surface area contributed by atoms with Crippen LogP contribution < -0.4 is 4.90 Å². The van der Waals surface area contributed by atoms with Crippen LogP contribution >= 0.6 is 0 Å². The molecule has 2 aliphatic rings. The second-order valence-corrected chi connectivity index (χ2v) is 6.82. The number of carbonyl (C=O) groups is 2. The van der Waals surface area contributed by atoms with Crippen LogP contribution in [0, 0.1) is 10.1 Å². The van der Waals surface area contributed by atoms with Crippen molar-refractivity contribution in [2.45, 2.75) is 18.5 Å². The molecule has 1 amide bonds. The summed E-state index contributed by atoms with van der Waals surface area (Å²) >= 11 is 0. The van der Waals surface area contributed by atoms with Crippen LogP contribution in [0.25, 0.3) is 0 Å². The van der Waals surface area contributed by atoms with E-state index in [2.05, 4.69) is 0 Å². The van der Waals surface area contributed by atoms with Gasteiger partial charge in [0.25, 0.3) is 5.69 Å². The zero-order chi connectivity index (χ0) is 21.6. The molecule has 0 fully saturated rings. The third-order valence-electron chi connectivity index (χ3n) is 5.05. The molecule has 2 aliphatic heterocycles. The third kappa shape index (κ3) is 3.30. The van der Waals surface area contributed by atoms with Crippen molar-refractivity contribution in [2.24, 2.45) is 0 Å². The molecule has 0 saturated heterocycles. The predicted octanol–water partition coefficient (Wildman–Crippen LogP) is 3.95. The van der Waals surface area contributed by atoms with E-state index in [1.54, 1.807) is 6.07 Å². The molecule has 4 rings (SSSR count). The number of alkyl halides is 3. The molecule has 0 bridgehead atoms. The highest BCUT2D eigenvalue weighted by molar-refractivity contribution is 6.06. The van der Waals surface area contributed by atoms with Gasteiger partial charge in [-0.1, -0.05) is 12.1 Å². The molecule has 0 radical (unpaired) electrons. The van der Waals surface area contributed by atoms with Crippen molar-refractivity contribution in [1.29, 1.82) is 0 Å². The smallest absolute Gasteiger partial charge is 0.416 e. The molecule has 154 valence electrons. The van der Waals surface area contributed by atoms with Crippen molar-refractivity contribution in [3.63, 3.8) is 0 Å². The number of hydrogen-bond acceptors (Lipinski definition) is 5. The number of nitrogens with zero attached hydrogens (tertiary/aromatic N) is 2. The topological polar surface area (TPSA) is 89.7 Å². The maximum atomic E-state index is 12.9. The van der Waals surface area contributed by atoms with Crippen LogP contribution in [0.2, 0.25) is 0 Å². The molecule has 2 aromatic carbocycles. The summed E-state index contributed by atoms with van der Waals surface area (Å²) in [7, 11) is 0. The first-order chi connectivity index (χ1) is 14.2. The van der Waals surface area contributed by atoms with Gasteiger partial charge in [0.1, 0.15) is 6.61 Å². The first-order valence-corrected chi connectivity index (χ1v) is 8.81. The number of non-ortho nitro benzene ring substituents is 1. The van der Waals surface area contributed by atoms with Crippen molar-refractivity contribution in [3.8, 4) is 0 Å². The fraction of sp³-hybridized carbons (Fsp3) is 0.200. The molecule has 0 saturated carbocycles. The molecule has 30 heavy (non-hydrogen) atoms. The summed E-state index contributed by atoms with van der Waals surface area (Å²) in [5.41, 5.74) is -0.0495. The quantitative estimate of drug-likeness (QED) is 0.428. The van der Waals surface area contributed by atoms with E-state index in [1.807, 2.05) is 0 Å². The standard InChI is InChI=1S/C20H13F3N2O5/c21-20(22,23)12-4-6-13(7-5-12)24-16-10-30-19(27)18(16)15(9-17(24)26)11-2-1-3-14(8-11)25(28)29/h1-8,15H,9-10H2. The molecule has 0 aliphatic carbocycles. The molecule has 1 unspecified atom stereocenters. The number of anilines is 1. The molecule has 2 heterocycles. The Morgan fingerprint density at radius 3 is 2.43 bits per heavy atom. The van der Waals surface area contributed by atoms with Crippen LogP contribution in [0.4, 0.5) is 24.5 Å². The van der Waals surface area contributed by atoms with E-state index in [1.165, 1.54) is 23.1 Å². The van der Waals surface area contributed by atoms with Crippen LogP contribution in [-0.4, -0.2) is 23.4 Å². The van der Waals surface area contributed by atoms with E-state index < -0.39 is 34.5 Å². The Bertz CT molecular complexity index is 1090. The lowest BCUT2D eigenvalue weighted by Gasteiger charge is -2.32. The fourth-order valence-electron chi connectivity index (χ4n) is 3.69. The highest BCUT2D eigenvalue weighted by Crippen LogP contribution is 2.42. The van der Waals surface area contributed by atoms with Gasteiger partial charge in [-0.05, 0) is 29.8 Å². The molecular formula is C20H13F3N2O5. The summed E-state index contributed by atoms with van der Waals surface area (Å²) < 4.78 is 43.6. The van der Waals surface area contributed by atoms with Gasteiger partial charge >= 0.3 is 12.1 Å². The van der Waals surface area contributed by atoms with Crippen molar-refractivity contribution in [2.75, 3.05) is 11.5 Å². The summed E-state index contributed by atoms with van der Waals surface area (Å²) in [4.78, 5) is 36.9. The number of hydrogen-bond donors (Lipinski definition) is 0. The molecule has 0 aromatic heterocycles. The first-order valence-electron chi connectivity index (χ1n) is 8.81. The van der Waals surface area contributed by atoms with Gasteiger partial charge < -0.3 is 4.74 Å². The second kappa shape index (κ2) is 6.97. The maximum absolute atomic E-state index is 12.9. The number of nitro benzene ring substituents is 1. The Labute approximate surface area is 167 Å². The molecule has 2 aromatic rings. The fourth-order valence-corrected chi connectivity index (χ4v) is 3.69. The van der Waals surface area contributed by atoms with Crippen LogP contribution in [0.1, 0.15) is 23.5 Å². The van der Waals surface area contributed by atoms with Crippen molar-refractivity contribution >= 4 is 23.3 Å². The average Bonchev–Trinajstić information content (AvgIpc) is 3.08. The summed E-state index contributed by atoms with van der Waals surface area (Å²) in [6, 6.07) is 9.65. The van der Waals surface area contributed by atoms with Gasteiger partial charge in [-0.25, -0.2) is 4.79 Å². The molecule has 0 spiro atoms. The molecule has 10 heteroatoms. The molecular weight excluding hydrogens is 405 g/mol. The summed E-state index contributed by atoms with van der Waals surface area (Å²) in [5, 5.41) is 11.1. The number of cyclic esters (lactones) is 1. The lowest BCUT2D eigenvalue weighted by atomic mass is 9.84. The SMILES string of the molecule is O=C1OCC2=C1C(c1cccc([N+](=O)[O-])c1)CC(=O)N2c1ccc(C(F)(F)F)cc1. The highest BCUT2D eigenvalue weighted by Gasteiger charge is 2.43. The normalized spacial score (nSPS) is 19.0. The Balaban J connectivity index is 1.77. The Kier molecular flexibility index (Phi) is 4.56. The Hall–Kier alpha value is -3.69. The van der Waals surface area contributed by atoms with Gasteiger partial charge in [0, 0.05) is 30.2 Å². The average molecular weight is 418 g/mol. The summed E-state index contributed by atoms with van der Waals surface area (Å²) in [6.45, 7) is -0.216. The maximum Gasteiger partial charge on any atom is 0.416 e. The number of halogens is 3. The van der Waals surface area contributed by atoms with Crippen molar-refractivity contribution in [1.82, 2.24) is 0 Å². The minimum atomic E-state index is -4.52. The van der Waals surface area contributed by atoms with Crippen LogP contribution in [-0.2, 0) is 20.5 Å². The summed E-state index contributed by atoms with van der Waals surface area (Å²) in [6.07, 6.45) is -4.70. The highest BCUT2D eigenvalue weighted by atomic mass is 19.4. The number of rotatable bonds is 3. The number of esters is 1. The Morgan fingerprint density at radius 1 is 1.10 bits per heavy atom. The van der Waals surface area contributed by atoms with Gasteiger partial charge in [-0.2, -0.15) is 13.2 Å². The minimum absolute atomic E-state index is 0.176. The lowest BCUT2D eigenvalue weighted by Crippen LogP contribution is -2.37.